The predicted molar refractivity (Wildman–Crippen MR) is 76.0 cm³/mol. The standard InChI is InChI=1S/C13H18INO/c1-8-13(2,3)12-10(14)5-9(7-16)6-11(12)15(8)4/h5-6,8,16H,7H2,1-4H3. The number of rotatable bonds is 1. The molecule has 0 amide bonds. The number of hydrogen-bond acceptors (Lipinski definition) is 2. The van der Waals surface area contributed by atoms with E-state index in [0.29, 0.717) is 6.04 Å². The van der Waals surface area contributed by atoms with Crippen LogP contribution in [0.25, 0.3) is 0 Å². The SMILES string of the molecule is CC1N(C)c2cc(CO)cc(I)c2C1(C)C. The lowest BCUT2D eigenvalue weighted by Gasteiger charge is -2.28. The number of nitrogens with zero attached hydrogens (tertiary/aromatic N) is 1. The van der Waals surface area contributed by atoms with Gasteiger partial charge in [0.05, 0.1) is 6.61 Å². The Morgan fingerprint density at radius 1 is 1.44 bits per heavy atom. The minimum Gasteiger partial charge on any atom is -0.392 e. The van der Waals surface area contributed by atoms with Crippen molar-refractivity contribution >= 4 is 28.3 Å². The molecule has 0 fully saturated rings. The molecule has 1 atom stereocenters. The highest BCUT2D eigenvalue weighted by atomic mass is 127. The number of likely N-dealkylation sites (N-methyl/N-ethyl adjacent to an activating group) is 1. The van der Waals surface area contributed by atoms with Gasteiger partial charge in [-0.15, -0.1) is 0 Å². The number of hydrogen-bond donors (Lipinski definition) is 1. The molecule has 0 saturated carbocycles. The molecule has 0 radical (unpaired) electrons. The van der Waals surface area contributed by atoms with Crippen LogP contribution in [-0.4, -0.2) is 18.2 Å². The summed E-state index contributed by atoms with van der Waals surface area (Å²) in [7, 11) is 2.13. The van der Waals surface area contributed by atoms with Gasteiger partial charge in [-0.3, -0.25) is 0 Å². The van der Waals surface area contributed by atoms with E-state index in [4.69, 9.17) is 0 Å². The van der Waals surface area contributed by atoms with Gasteiger partial charge < -0.3 is 10.0 Å². The first-order valence-electron chi connectivity index (χ1n) is 5.56. The van der Waals surface area contributed by atoms with Crippen molar-refractivity contribution in [2.24, 2.45) is 0 Å². The molecule has 1 N–H and O–H groups in total. The van der Waals surface area contributed by atoms with Crippen LogP contribution in [0.1, 0.15) is 31.9 Å². The summed E-state index contributed by atoms with van der Waals surface area (Å²) in [4.78, 5) is 2.32. The molecular formula is C13H18INO. The van der Waals surface area contributed by atoms with Crippen LogP contribution < -0.4 is 4.90 Å². The van der Waals surface area contributed by atoms with Crippen LogP contribution in [0, 0.1) is 3.57 Å². The van der Waals surface area contributed by atoms with Crippen molar-refractivity contribution in [3.8, 4) is 0 Å². The molecule has 2 nitrogen and oxygen atoms in total. The largest absolute Gasteiger partial charge is 0.392 e. The molecule has 0 aliphatic carbocycles. The second-order valence-corrected chi connectivity index (χ2v) is 6.30. The number of aliphatic hydroxyl groups is 1. The Bertz CT molecular complexity index is 428. The molecule has 0 spiro atoms. The zero-order valence-electron chi connectivity index (χ0n) is 10.2. The van der Waals surface area contributed by atoms with Crippen LogP contribution in [-0.2, 0) is 12.0 Å². The van der Waals surface area contributed by atoms with Gasteiger partial charge in [0.2, 0.25) is 0 Å². The summed E-state index contributed by atoms with van der Waals surface area (Å²) < 4.78 is 1.26. The molecule has 3 heteroatoms. The van der Waals surface area contributed by atoms with Gasteiger partial charge >= 0.3 is 0 Å². The minimum absolute atomic E-state index is 0.117. The second-order valence-electron chi connectivity index (χ2n) is 5.14. The van der Waals surface area contributed by atoms with E-state index in [9.17, 15) is 5.11 Å². The molecule has 1 unspecified atom stereocenters. The van der Waals surface area contributed by atoms with Crippen molar-refractivity contribution < 1.29 is 5.11 Å². The highest BCUT2D eigenvalue weighted by Crippen LogP contribution is 2.46. The lowest BCUT2D eigenvalue weighted by atomic mass is 9.81. The van der Waals surface area contributed by atoms with Crippen LogP contribution in [0.3, 0.4) is 0 Å². The summed E-state index contributed by atoms with van der Waals surface area (Å²) in [6.45, 7) is 6.96. The van der Waals surface area contributed by atoms with Crippen LogP contribution in [0.15, 0.2) is 12.1 Å². The molecule has 0 saturated heterocycles. The van der Waals surface area contributed by atoms with Crippen molar-refractivity contribution in [3.63, 3.8) is 0 Å². The van der Waals surface area contributed by atoms with Crippen molar-refractivity contribution in [2.45, 2.75) is 38.8 Å². The molecule has 1 aliphatic heterocycles. The maximum Gasteiger partial charge on any atom is 0.0682 e. The minimum atomic E-state index is 0.117. The molecule has 1 aromatic carbocycles. The topological polar surface area (TPSA) is 23.5 Å². The van der Waals surface area contributed by atoms with E-state index in [1.54, 1.807) is 0 Å². The maximum atomic E-state index is 9.25. The van der Waals surface area contributed by atoms with E-state index in [2.05, 4.69) is 67.4 Å². The fourth-order valence-corrected chi connectivity index (χ4v) is 3.93. The monoisotopic (exact) mass is 331 g/mol. The Hall–Kier alpha value is -0.290. The molecular weight excluding hydrogens is 313 g/mol. The first-order valence-corrected chi connectivity index (χ1v) is 6.64. The summed E-state index contributed by atoms with van der Waals surface area (Å²) >= 11 is 2.38. The van der Waals surface area contributed by atoms with Gasteiger partial charge in [-0.05, 0) is 52.8 Å². The summed E-state index contributed by atoms with van der Waals surface area (Å²) in [6.07, 6.45) is 0. The van der Waals surface area contributed by atoms with E-state index in [0.717, 1.165) is 5.56 Å². The predicted octanol–water partition coefficient (Wildman–Crippen LogP) is 2.90. The third-order valence-corrected chi connectivity index (χ3v) is 4.81. The Labute approximate surface area is 111 Å². The number of fused-ring (bicyclic) bond motifs is 1. The van der Waals surface area contributed by atoms with Crippen molar-refractivity contribution in [1.29, 1.82) is 0 Å². The zero-order valence-corrected chi connectivity index (χ0v) is 12.4. The van der Waals surface area contributed by atoms with Crippen molar-refractivity contribution in [2.75, 3.05) is 11.9 Å². The highest BCUT2D eigenvalue weighted by Gasteiger charge is 2.41. The average Bonchev–Trinajstić information content (AvgIpc) is 2.40. The Morgan fingerprint density at radius 2 is 2.06 bits per heavy atom. The van der Waals surface area contributed by atoms with Gasteiger partial charge in [-0.2, -0.15) is 0 Å². The van der Waals surface area contributed by atoms with Crippen LogP contribution >= 0.6 is 22.6 Å². The fraction of sp³-hybridized carbons (Fsp3) is 0.538. The average molecular weight is 331 g/mol. The third kappa shape index (κ3) is 1.56. The van der Waals surface area contributed by atoms with E-state index in [1.165, 1.54) is 14.8 Å². The molecule has 0 aromatic heterocycles. The molecule has 1 aromatic rings. The van der Waals surface area contributed by atoms with E-state index in [-0.39, 0.29) is 12.0 Å². The number of anilines is 1. The molecule has 1 heterocycles. The van der Waals surface area contributed by atoms with Gasteiger partial charge in [-0.1, -0.05) is 13.8 Å². The van der Waals surface area contributed by atoms with Crippen molar-refractivity contribution in [3.05, 3.63) is 26.8 Å². The summed E-state index contributed by atoms with van der Waals surface area (Å²) in [5.74, 6) is 0. The van der Waals surface area contributed by atoms with E-state index >= 15 is 0 Å². The molecule has 88 valence electrons. The van der Waals surface area contributed by atoms with E-state index in [1.807, 2.05) is 0 Å². The fourth-order valence-electron chi connectivity index (χ4n) is 2.56. The van der Waals surface area contributed by atoms with Crippen molar-refractivity contribution in [1.82, 2.24) is 0 Å². The highest BCUT2D eigenvalue weighted by molar-refractivity contribution is 14.1. The van der Waals surface area contributed by atoms with Gasteiger partial charge in [-0.25, -0.2) is 0 Å². The Balaban J connectivity index is 2.67. The van der Waals surface area contributed by atoms with Gasteiger partial charge in [0.1, 0.15) is 0 Å². The smallest absolute Gasteiger partial charge is 0.0682 e. The van der Waals surface area contributed by atoms with Crippen LogP contribution in [0.5, 0.6) is 0 Å². The lowest BCUT2D eigenvalue weighted by Crippen LogP contribution is -2.36. The molecule has 1 aliphatic rings. The lowest BCUT2D eigenvalue weighted by molar-refractivity contribution is 0.282. The van der Waals surface area contributed by atoms with E-state index < -0.39 is 0 Å². The van der Waals surface area contributed by atoms with Crippen LogP contribution in [0.2, 0.25) is 0 Å². The van der Waals surface area contributed by atoms with Crippen LogP contribution in [0.4, 0.5) is 5.69 Å². The number of halogens is 1. The zero-order chi connectivity index (χ0) is 12.1. The normalized spacial score (nSPS) is 22.4. The Kier molecular flexibility index (Phi) is 2.95. The summed E-state index contributed by atoms with van der Waals surface area (Å²) in [6, 6.07) is 4.69. The van der Waals surface area contributed by atoms with Gasteiger partial charge in [0.25, 0.3) is 0 Å². The third-order valence-electron chi connectivity index (χ3n) is 3.96. The molecule has 16 heavy (non-hydrogen) atoms. The molecule has 0 bridgehead atoms. The number of benzene rings is 1. The number of aliphatic hydroxyl groups excluding tert-OH is 1. The summed E-state index contributed by atoms with van der Waals surface area (Å²) in [5, 5.41) is 9.25. The quantitative estimate of drug-likeness (QED) is 0.800. The Morgan fingerprint density at radius 3 is 2.62 bits per heavy atom. The maximum absolute atomic E-state index is 9.25. The first kappa shape index (κ1) is 12.2. The second kappa shape index (κ2) is 3.88. The summed E-state index contributed by atoms with van der Waals surface area (Å²) in [5.41, 5.74) is 3.86. The van der Waals surface area contributed by atoms with Gasteiger partial charge in [0.15, 0.2) is 0 Å². The van der Waals surface area contributed by atoms with Gasteiger partial charge in [0, 0.05) is 27.8 Å². The first-order chi connectivity index (χ1) is 7.39. The molecule has 2 rings (SSSR count).